The second-order valence-electron chi connectivity index (χ2n) is 6.38. The first kappa shape index (κ1) is 22.4. The first-order valence-electron chi connectivity index (χ1n) is 8.66. The second kappa shape index (κ2) is 10.5. The highest BCUT2D eigenvalue weighted by Crippen LogP contribution is 2.25. The number of amides is 1. The van der Waals surface area contributed by atoms with Gasteiger partial charge in [0.15, 0.2) is 0 Å². The molecule has 1 aromatic carbocycles. The Morgan fingerprint density at radius 3 is 2.54 bits per heavy atom. The molecule has 148 valence electrons. The molecule has 0 fully saturated rings. The zero-order valence-corrected chi connectivity index (χ0v) is 17.1. The topological polar surface area (TPSA) is 84.9 Å². The molecule has 1 N–H and O–H groups in total. The Labute approximate surface area is 156 Å². The van der Waals surface area contributed by atoms with E-state index in [1.165, 1.54) is 27.3 Å². The quantitative estimate of drug-likeness (QED) is 0.586. The number of rotatable bonds is 11. The number of hydrogen-bond acceptors (Lipinski definition) is 5. The molecule has 0 saturated carbocycles. The van der Waals surface area contributed by atoms with Gasteiger partial charge in [0.05, 0.1) is 18.1 Å². The first-order valence-corrected chi connectivity index (χ1v) is 10.1. The van der Waals surface area contributed by atoms with E-state index < -0.39 is 10.0 Å². The lowest BCUT2D eigenvalue weighted by Gasteiger charge is -2.14. The van der Waals surface area contributed by atoms with Gasteiger partial charge in [0.2, 0.25) is 15.9 Å². The molecule has 0 saturated heterocycles. The summed E-state index contributed by atoms with van der Waals surface area (Å²) in [6.07, 6.45) is 1.59. The molecule has 7 nitrogen and oxygen atoms in total. The van der Waals surface area contributed by atoms with Gasteiger partial charge in [-0.3, -0.25) is 4.79 Å². The van der Waals surface area contributed by atoms with Gasteiger partial charge in [-0.05, 0) is 50.5 Å². The number of nitrogens with zero attached hydrogens (tertiary/aromatic N) is 1. The van der Waals surface area contributed by atoms with Crippen molar-refractivity contribution in [3.05, 3.63) is 23.8 Å². The molecule has 0 atom stereocenters. The predicted octanol–water partition coefficient (Wildman–Crippen LogP) is 1.81. The summed E-state index contributed by atoms with van der Waals surface area (Å²) < 4.78 is 36.4. The maximum absolute atomic E-state index is 12.3. The van der Waals surface area contributed by atoms with E-state index in [1.54, 1.807) is 12.1 Å². The second-order valence-corrected chi connectivity index (χ2v) is 8.54. The normalized spacial score (nSPS) is 11.8. The van der Waals surface area contributed by atoms with E-state index in [9.17, 15) is 13.2 Å². The molecular weight excluding hydrogens is 356 g/mol. The van der Waals surface area contributed by atoms with Gasteiger partial charge in [0.1, 0.15) is 5.75 Å². The van der Waals surface area contributed by atoms with Gasteiger partial charge in [-0.15, -0.1) is 0 Å². The van der Waals surface area contributed by atoms with Crippen molar-refractivity contribution in [1.82, 2.24) is 9.62 Å². The van der Waals surface area contributed by atoms with Gasteiger partial charge in [-0.1, -0.05) is 0 Å². The van der Waals surface area contributed by atoms with Gasteiger partial charge in [-0.25, -0.2) is 12.7 Å². The van der Waals surface area contributed by atoms with E-state index in [1.807, 2.05) is 13.8 Å². The third kappa shape index (κ3) is 6.93. The lowest BCUT2D eigenvalue weighted by Crippen LogP contribution is -2.26. The van der Waals surface area contributed by atoms with Crippen molar-refractivity contribution in [3.8, 4) is 5.75 Å². The van der Waals surface area contributed by atoms with Gasteiger partial charge in [0.25, 0.3) is 0 Å². The average Bonchev–Trinajstić information content (AvgIpc) is 2.58. The van der Waals surface area contributed by atoms with Crippen LogP contribution < -0.4 is 10.1 Å². The summed E-state index contributed by atoms with van der Waals surface area (Å²) in [5, 5.41) is 2.84. The Morgan fingerprint density at radius 2 is 1.96 bits per heavy atom. The van der Waals surface area contributed by atoms with E-state index >= 15 is 0 Å². The lowest BCUT2D eigenvalue weighted by atomic mass is 10.1. The molecule has 0 aliphatic rings. The number of ether oxygens (including phenoxy) is 2. The Kier molecular flexibility index (Phi) is 9.04. The molecule has 1 rings (SSSR count). The minimum absolute atomic E-state index is 0.0857. The molecule has 0 radical (unpaired) electrons. The third-order valence-electron chi connectivity index (χ3n) is 3.75. The number of sulfonamides is 1. The number of methoxy groups -OCH3 is 1. The highest BCUT2D eigenvalue weighted by molar-refractivity contribution is 7.89. The fraction of sp³-hybridized carbons (Fsp3) is 0.611. The van der Waals surface area contributed by atoms with Crippen LogP contribution in [0.3, 0.4) is 0 Å². The number of carbonyl (C=O) groups excluding carboxylic acids is 1. The van der Waals surface area contributed by atoms with Crippen molar-refractivity contribution in [2.24, 2.45) is 0 Å². The van der Waals surface area contributed by atoms with Crippen molar-refractivity contribution >= 4 is 15.9 Å². The number of carbonyl (C=O) groups is 1. The van der Waals surface area contributed by atoms with E-state index in [-0.39, 0.29) is 23.3 Å². The minimum Gasteiger partial charge on any atom is -0.496 e. The summed E-state index contributed by atoms with van der Waals surface area (Å²) in [5.41, 5.74) is 0.689. The van der Waals surface area contributed by atoms with Crippen LogP contribution in [0.1, 0.15) is 32.3 Å². The molecular formula is C18H30N2O5S. The van der Waals surface area contributed by atoms with Crippen LogP contribution in [0.25, 0.3) is 0 Å². The zero-order valence-electron chi connectivity index (χ0n) is 16.2. The van der Waals surface area contributed by atoms with E-state index in [4.69, 9.17) is 9.47 Å². The fourth-order valence-electron chi connectivity index (χ4n) is 2.28. The molecule has 0 spiro atoms. The number of nitrogens with one attached hydrogen (secondary N) is 1. The maximum atomic E-state index is 12.3. The maximum Gasteiger partial charge on any atom is 0.242 e. The van der Waals surface area contributed by atoms with Gasteiger partial charge in [0, 0.05) is 33.7 Å². The van der Waals surface area contributed by atoms with Crippen LogP contribution in [-0.2, 0) is 26.0 Å². The van der Waals surface area contributed by atoms with Crippen LogP contribution in [-0.4, -0.2) is 59.1 Å². The van der Waals surface area contributed by atoms with Crippen molar-refractivity contribution in [2.75, 3.05) is 34.4 Å². The number of benzene rings is 1. The van der Waals surface area contributed by atoms with Crippen LogP contribution in [0, 0.1) is 0 Å². The molecule has 0 aliphatic heterocycles. The monoisotopic (exact) mass is 386 g/mol. The standard InChI is InChI=1S/C18H30N2O5S/c1-14(2)25-12-6-11-19-18(21)10-7-15-13-16(8-9-17(15)24-5)26(22,23)20(3)4/h8-9,13-14H,6-7,10-12H2,1-5H3,(H,19,21). The Bertz CT molecular complexity index is 687. The van der Waals surface area contributed by atoms with Crippen LogP contribution in [0.2, 0.25) is 0 Å². The van der Waals surface area contributed by atoms with Crippen molar-refractivity contribution in [1.29, 1.82) is 0 Å². The SMILES string of the molecule is COc1ccc(S(=O)(=O)N(C)C)cc1CCC(=O)NCCCOC(C)C. The Morgan fingerprint density at radius 1 is 1.27 bits per heavy atom. The molecule has 8 heteroatoms. The van der Waals surface area contributed by atoms with Crippen LogP contribution in [0.15, 0.2) is 23.1 Å². The zero-order chi connectivity index (χ0) is 19.7. The highest BCUT2D eigenvalue weighted by Gasteiger charge is 2.19. The smallest absolute Gasteiger partial charge is 0.242 e. The first-order chi connectivity index (χ1) is 12.2. The van der Waals surface area contributed by atoms with E-state index in [2.05, 4.69) is 5.32 Å². The third-order valence-corrected chi connectivity index (χ3v) is 5.56. The molecule has 1 amide bonds. The molecule has 0 unspecified atom stereocenters. The van der Waals surface area contributed by atoms with Crippen molar-refractivity contribution in [3.63, 3.8) is 0 Å². The summed E-state index contributed by atoms with van der Waals surface area (Å²) in [6, 6.07) is 4.69. The number of hydrogen-bond donors (Lipinski definition) is 1. The molecule has 26 heavy (non-hydrogen) atoms. The Hall–Kier alpha value is -1.64. The summed E-state index contributed by atoms with van der Waals surface area (Å²) in [6.45, 7) is 5.10. The summed E-state index contributed by atoms with van der Waals surface area (Å²) in [4.78, 5) is 12.2. The summed E-state index contributed by atoms with van der Waals surface area (Å²) in [7, 11) is 0.958. The van der Waals surface area contributed by atoms with Crippen molar-refractivity contribution in [2.45, 2.75) is 44.1 Å². The van der Waals surface area contributed by atoms with Crippen LogP contribution >= 0.6 is 0 Å². The highest BCUT2D eigenvalue weighted by atomic mass is 32.2. The predicted molar refractivity (Wildman–Crippen MR) is 101 cm³/mol. The number of aryl methyl sites for hydroxylation is 1. The van der Waals surface area contributed by atoms with Gasteiger partial charge in [-0.2, -0.15) is 0 Å². The lowest BCUT2D eigenvalue weighted by molar-refractivity contribution is -0.121. The van der Waals surface area contributed by atoms with E-state index in [0.29, 0.717) is 30.9 Å². The summed E-state index contributed by atoms with van der Waals surface area (Å²) in [5.74, 6) is 0.485. The van der Waals surface area contributed by atoms with Crippen LogP contribution in [0.5, 0.6) is 5.75 Å². The van der Waals surface area contributed by atoms with Gasteiger partial charge >= 0.3 is 0 Å². The van der Waals surface area contributed by atoms with Crippen LogP contribution in [0.4, 0.5) is 0 Å². The summed E-state index contributed by atoms with van der Waals surface area (Å²) >= 11 is 0. The van der Waals surface area contributed by atoms with Gasteiger partial charge < -0.3 is 14.8 Å². The minimum atomic E-state index is -3.53. The average molecular weight is 387 g/mol. The molecule has 0 aliphatic carbocycles. The largest absolute Gasteiger partial charge is 0.496 e. The molecule has 0 bridgehead atoms. The fourth-order valence-corrected chi connectivity index (χ4v) is 3.23. The molecule has 1 aromatic rings. The Balaban J connectivity index is 2.64. The molecule has 0 heterocycles. The van der Waals surface area contributed by atoms with Crippen molar-refractivity contribution < 1.29 is 22.7 Å². The molecule has 0 aromatic heterocycles. The van der Waals surface area contributed by atoms with E-state index in [0.717, 1.165) is 10.7 Å².